The minimum Gasteiger partial charge on any atom is -0.612 e. The van der Waals surface area contributed by atoms with E-state index in [0.29, 0.717) is 11.3 Å². The Morgan fingerprint density at radius 3 is 2.85 bits per heavy atom. The van der Waals surface area contributed by atoms with E-state index in [0.717, 1.165) is 0 Å². The molecule has 0 bridgehead atoms. The fourth-order valence-electron chi connectivity index (χ4n) is 1.17. The number of hydrogen-bond acceptors (Lipinski definition) is 4. The molecule has 2 N–H and O–H groups in total. The third-order valence-corrected chi connectivity index (χ3v) is 1.79. The van der Waals surface area contributed by atoms with E-state index in [9.17, 15) is 10.4 Å². The number of hydrogen-bond donors (Lipinski definition) is 2. The first-order chi connectivity index (χ1) is 6.20. The number of nitrogens with zero attached hydrogens (tertiary/aromatic N) is 2. The highest BCUT2D eigenvalue weighted by atomic mass is 16.8. The normalized spacial score (nSPS) is 14.5. The lowest BCUT2D eigenvalue weighted by Crippen LogP contribution is -2.17. The van der Waals surface area contributed by atoms with Gasteiger partial charge in [0.2, 0.25) is 5.71 Å². The molecule has 0 amide bonds. The van der Waals surface area contributed by atoms with Crippen molar-refractivity contribution < 1.29 is 4.90 Å². The Morgan fingerprint density at radius 2 is 2.15 bits per heavy atom. The summed E-state index contributed by atoms with van der Waals surface area (Å²) in [7, 11) is 0. The average molecular weight is 177 g/mol. The van der Waals surface area contributed by atoms with Crippen LogP contribution in [0.5, 0.6) is 0 Å². The SMILES string of the molecule is N=C1C=CC(=[N+]([O-])[O-])c2[nH]ncc21. The van der Waals surface area contributed by atoms with E-state index in [1.54, 1.807) is 0 Å². The minimum absolute atomic E-state index is 0.0523. The number of aromatic nitrogens is 2. The van der Waals surface area contributed by atoms with Crippen molar-refractivity contribution >= 4 is 11.4 Å². The first-order valence-corrected chi connectivity index (χ1v) is 3.52. The molecule has 0 radical (unpaired) electrons. The summed E-state index contributed by atoms with van der Waals surface area (Å²) in [5.41, 5.74) is 0.949. The molecule has 1 aliphatic carbocycles. The van der Waals surface area contributed by atoms with Gasteiger partial charge in [-0.2, -0.15) is 10.0 Å². The second-order valence-electron chi connectivity index (χ2n) is 2.55. The van der Waals surface area contributed by atoms with Gasteiger partial charge in [-0.3, -0.25) is 5.10 Å². The van der Waals surface area contributed by atoms with Crippen LogP contribution in [0.3, 0.4) is 0 Å². The Bertz CT molecular complexity index is 425. The summed E-state index contributed by atoms with van der Waals surface area (Å²) in [5, 5.41) is 34.6. The van der Waals surface area contributed by atoms with Crippen LogP contribution in [0.25, 0.3) is 0 Å². The molecule has 1 aliphatic rings. The van der Waals surface area contributed by atoms with Crippen molar-refractivity contribution in [1.82, 2.24) is 10.2 Å². The topological polar surface area (TPSA) is 102 Å². The van der Waals surface area contributed by atoms with Crippen molar-refractivity contribution in [2.75, 3.05) is 0 Å². The van der Waals surface area contributed by atoms with Gasteiger partial charge in [0, 0.05) is 6.08 Å². The fourth-order valence-corrected chi connectivity index (χ4v) is 1.17. The molecular weight excluding hydrogens is 172 g/mol. The van der Waals surface area contributed by atoms with Crippen molar-refractivity contribution in [1.29, 1.82) is 5.41 Å². The standard InChI is InChI=1S/C7H5N4O2/c8-5-1-2-6(11(12)13)7-4(5)3-9-10-7/h1-3,8H,(H-,9,10,12,13)/q-1. The van der Waals surface area contributed by atoms with Crippen LogP contribution >= 0.6 is 0 Å². The zero-order chi connectivity index (χ0) is 9.42. The summed E-state index contributed by atoms with van der Waals surface area (Å²) >= 11 is 0. The van der Waals surface area contributed by atoms with Gasteiger partial charge in [-0.05, 0) is 6.08 Å². The van der Waals surface area contributed by atoms with Crippen LogP contribution in [0.2, 0.25) is 0 Å². The predicted molar refractivity (Wildman–Crippen MR) is 45.7 cm³/mol. The largest absolute Gasteiger partial charge is 0.612 e. The van der Waals surface area contributed by atoms with E-state index < -0.39 is 4.90 Å². The number of rotatable bonds is 0. The molecule has 0 atom stereocenters. The summed E-state index contributed by atoms with van der Waals surface area (Å²) in [4.78, 5) is -0.500. The second kappa shape index (κ2) is 2.44. The Morgan fingerprint density at radius 1 is 1.38 bits per heavy atom. The number of H-pyrrole nitrogens is 1. The van der Waals surface area contributed by atoms with Crippen LogP contribution in [0.4, 0.5) is 0 Å². The van der Waals surface area contributed by atoms with Crippen LogP contribution < -0.4 is 0 Å². The number of allylic oxidation sites excluding steroid dienone is 2. The van der Waals surface area contributed by atoms with Crippen LogP contribution in [0, 0.1) is 15.8 Å². The van der Waals surface area contributed by atoms with E-state index in [2.05, 4.69) is 10.2 Å². The molecule has 1 heterocycles. The molecule has 1 aromatic rings. The summed E-state index contributed by atoms with van der Waals surface area (Å²) in [6, 6.07) is 0. The lowest BCUT2D eigenvalue weighted by atomic mass is 10.0. The Hall–Kier alpha value is -2.11. The molecule has 0 spiro atoms. The minimum atomic E-state index is -0.500. The number of aromatic amines is 1. The molecule has 1 aromatic heterocycles. The van der Waals surface area contributed by atoms with Crippen molar-refractivity contribution in [3.63, 3.8) is 0 Å². The summed E-state index contributed by atoms with van der Waals surface area (Å²) < 4.78 is 0. The van der Waals surface area contributed by atoms with Crippen molar-refractivity contribution in [2.24, 2.45) is 0 Å². The average Bonchev–Trinajstić information content (AvgIpc) is 2.53. The molecule has 2 rings (SSSR count). The first-order valence-electron chi connectivity index (χ1n) is 3.52. The third kappa shape index (κ3) is 0.994. The van der Waals surface area contributed by atoms with Gasteiger partial charge in [-0.25, -0.2) is 0 Å². The smallest absolute Gasteiger partial charge is 0.248 e. The van der Waals surface area contributed by atoms with Gasteiger partial charge < -0.3 is 15.8 Å². The second-order valence-corrected chi connectivity index (χ2v) is 2.55. The zero-order valence-corrected chi connectivity index (χ0v) is 6.44. The summed E-state index contributed by atoms with van der Waals surface area (Å²) in [6.45, 7) is 0. The maximum atomic E-state index is 10.5. The Labute approximate surface area is 72.9 Å². The van der Waals surface area contributed by atoms with Gasteiger partial charge in [0.25, 0.3) is 0 Å². The van der Waals surface area contributed by atoms with E-state index in [1.807, 2.05) is 0 Å². The van der Waals surface area contributed by atoms with Gasteiger partial charge in [0.05, 0.1) is 17.5 Å². The molecule has 0 aliphatic heterocycles. The molecule has 6 nitrogen and oxygen atoms in total. The van der Waals surface area contributed by atoms with E-state index >= 15 is 0 Å². The van der Waals surface area contributed by atoms with E-state index in [1.165, 1.54) is 18.3 Å². The molecule has 66 valence electrons. The maximum absolute atomic E-state index is 10.5. The number of nitrogens with one attached hydrogen (secondary N) is 2. The monoisotopic (exact) mass is 177 g/mol. The van der Waals surface area contributed by atoms with E-state index in [-0.39, 0.29) is 11.4 Å². The van der Waals surface area contributed by atoms with Crippen LogP contribution in [-0.4, -0.2) is 26.5 Å². The highest BCUT2D eigenvalue weighted by Crippen LogP contribution is 2.13. The molecule has 0 fully saturated rings. The lowest BCUT2D eigenvalue weighted by Gasteiger charge is -2.11. The summed E-state index contributed by atoms with van der Waals surface area (Å²) in [5.74, 6) is 0. The maximum Gasteiger partial charge on any atom is 0.248 e. The Kier molecular flexibility index (Phi) is 1.42. The van der Waals surface area contributed by atoms with Crippen LogP contribution in [-0.2, 0) is 0 Å². The molecular formula is C7H5N4O2-. The van der Waals surface area contributed by atoms with Crippen LogP contribution in [0.1, 0.15) is 11.3 Å². The van der Waals surface area contributed by atoms with Gasteiger partial charge in [-0.15, -0.1) is 0 Å². The van der Waals surface area contributed by atoms with Crippen molar-refractivity contribution in [3.8, 4) is 0 Å². The quantitative estimate of drug-likeness (QED) is 0.435. The van der Waals surface area contributed by atoms with Gasteiger partial charge in [0.1, 0.15) is 5.69 Å². The van der Waals surface area contributed by atoms with Crippen molar-refractivity contribution in [2.45, 2.75) is 0 Å². The first kappa shape index (κ1) is 7.53. The fraction of sp³-hybridized carbons (Fsp3) is 0. The molecule has 0 saturated heterocycles. The van der Waals surface area contributed by atoms with Gasteiger partial charge in [0.15, 0.2) is 0 Å². The molecule has 6 heteroatoms. The summed E-state index contributed by atoms with van der Waals surface area (Å²) in [6.07, 6.45) is 4.09. The third-order valence-electron chi connectivity index (χ3n) is 1.79. The lowest BCUT2D eigenvalue weighted by molar-refractivity contribution is -0.377. The van der Waals surface area contributed by atoms with Crippen LogP contribution in [0.15, 0.2) is 18.3 Å². The predicted octanol–water partition coefficient (Wildman–Crippen LogP) is 0.145. The molecule has 0 aromatic carbocycles. The molecule has 0 saturated carbocycles. The van der Waals surface area contributed by atoms with Gasteiger partial charge >= 0.3 is 0 Å². The van der Waals surface area contributed by atoms with Gasteiger partial charge in [-0.1, -0.05) is 0 Å². The number of fused-ring (bicyclic) bond motifs is 1. The molecule has 13 heavy (non-hydrogen) atoms. The highest BCUT2D eigenvalue weighted by Gasteiger charge is 2.21. The molecule has 0 unspecified atom stereocenters. The zero-order valence-electron chi connectivity index (χ0n) is 6.44. The van der Waals surface area contributed by atoms with Crippen molar-refractivity contribution in [3.05, 3.63) is 40.0 Å². The van der Waals surface area contributed by atoms with E-state index in [4.69, 9.17) is 5.41 Å². The Balaban J connectivity index is 2.68. The highest BCUT2D eigenvalue weighted by molar-refractivity contribution is 6.22.